The maximum atomic E-state index is 9.94. The average molecular weight is 565 g/mol. The molecule has 0 atom stereocenters. The molecule has 5 nitrogen and oxygen atoms in total. The van der Waals surface area contributed by atoms with Crippen LogP contribution in [0.2, 0.25) is 0 Å². The molecule has 0 saturated heterocycles. The molecule has 0 N–H and O–H groups in total. The Balaban J connectivity index is 1.37. The lowest BCUT2D eigenvalue weighted by Crippen LogP contribution is -2.36. The zero-order valence-corrected chi connectivity index (χ0v) is 24.3. The van der Waals surface area contributed by atoms with Crippen molar-refractivity contribution in [2.24, 2.45) is 0 Å². The zero-order chi connectivity index (χ0) is 29.4. The maximum absolute atomic E-state index is 9.94. The molecule has 5 heteroatoms. The van der Waals surface area contributed by atoms with E-state index in [1.165, 1.54) is 33.4 Å². The van der Waals surface area contributed by atoms with Crippen molar-refractivity contribution in [2.75, 3.05) is 38.4 Å². The van der Waals surface area contributed by atoms with Crippen LogP contribution in [0.1, 0.15) is 33.4 Å². The highest BCUT2D eigenvalue weighted by molar-refractivity contribution is 5.96. The monoisotopic (exact) mass is 564 g/mol. The molecule has 0 amide bonds. The van der Waals surface area contributed by atoms with Crippen LogP contribution in [0.3, 0.4) is 0 Å². The van der Waals surface area contributed by atoms with E-state index in [-0.39, 0.29) is 0 Å². The van der Waals surface area contributed by atoms with Gasteiger partial charge in [0.25, 0.3) is 0 Å². The Labute approximate surface area is 252 Å². The largest absolute Gasteiger partial charge is 0.491 e. The van der Waals surface area contributed by atoms with E-state index in [2.05, 4.69) is 109 Å². The van der Waals surface area contributed by atoms with Crippen molar-refractivity contribution < 1.29 is 14.2 Å². The molecule has 0 saturated carbocycles. The molecule has 0 aromatic heterocycles. The molecule has 0 radical (unpaired) electrons. The summed E-state index contributed by atoms with van der Waals surface area (Å²) in [6.07, 6.45) is 0. The number of para-hydroxylation sites is 2. The Kier molecular flexibility index (Phi) is 6.95. The highest BCUT2D eigenvalue weighted by Gasteiger charge is 2.51. The first-order valence-electron chi connectivity index (χ1n) is 14.6. The second-order valence-electron chi connectivity index (χ2n) is 11.0. The first kappa shape index (κ1) is 27.0. The topological polar surface area (TPSA) is 54.7 Å². The third-order valence-electron chi connectivity index (χ3n) is 8.54. The van der Waals surface area contributed by atoms with Gasteiger partial charge in [0, 0.05) is 12.8 Å². The molecule has 1 aliphatic carbocycles. The summed E-state index contributed by atoms with van der Waals surface area (Å²) in [5.74, 6) is 0.798. The minimum absolute atomic E-state index is 0.476. The van der Waals surface area contributed by atoms with Crippen molar-refractivity contribution in [3.05, 3.63) is 143 Å². The van der Waals surface area contributed by atoms with E-state index in [0.717, 1.165) is 28.4 Å². The summed E-state index contributed by atoms with van der Waals surface area (Å²) < 4.78 is 16.5. The van der Waals surface area contributed by atoms with E-state index >= 15 is 0 Å². The summed E-state index contributed by atoms with van der Waals surface area (Å²) >= 11 is 0. The minimum atomic E-state index is -0.556. The molecule has 212 valence electrons. The zero-order valence-electron chi connectivity index (χ0n) is 24.3. The first-order chi connectivity index (χ1) is 21.2. The van der Waals surface area contributed by atoms with Crippen LogP contribution in [-0.4, -0.2) is 33.5 Å². The number of fused-ring (bicyclic) bond motifs is 9. The van der Waals surface area contributed by atoms with Gasteiger partial charge in [0.2, 0.25) is 0 Å². The number of methoxy groups -OCH3 is 1. The SMILES string of the molecule is COCCOCCOc1ccc(N2c3ccccc3C3(c4cc(C)ccc4-c4ccc(C#N)cc43)c3ccccc32)cc1. The van der Waals surface area contributed by atoms with Crippen LogP contribution in [0.15, 0.2) is 109 Å². The first-order valence-corrected chi connectivity index (χ1v) is 14.6. The summed E-state index contributed by atoms with van der Waals surface area (Å²) in [5, 5.41) is 9.94. The van der Waals surface area contributed by atoms with Gasteiger partial charge in [-0.05, 0) is 88.8 Å². The number of aryl methyl sites for hydroxylation is 1. The second-order valence-corrected chi connectivity index (χ2v) is 11.0. The Morgan fingerprint density at radius 1 is 0.674 bits per heavy atom. The fourth-order valence-electron chi connectivity index (χ4n) is 6.77. The van der Waals surface area contributed by atoms with Gasteiger partial charge in [0.1, 0.15) is 12.4 Å². The number of ether oxygens (including phenoxy) is 3. The number of nitrogens with zero attached hydrogens (tertiary/aromatic N) is 2. The number of rotatable bonds is 8. The van der Waals surface area contributed by atoms with Crippen molar-refractivity contribution in [3.8, 4) is 22.9 Å². The van der Waals surface area contributed by atoms with E-state index in [1.807, 2.05) is 18.2 Å². The Bertz CT molecular complexity index is 1810. The molecule has 1 spiro atoms. The standard InChI is InChI=1S/C38H32N2O3/c1-26-11-17-30-31-18-12-27(25-39)24-35(31)38(34(30)23-26)32-7-3-5-9-36(32)40(37-10-6-4-8-33(37)38)28-13-15-29(16-14-28)43-22-21-42-20-19-41-2/h3-18,23-24H,19-22H2,1-2H3. The average Bonchev–Trinajstić information content (AvgIpc) is 3.32. The molecule has 0 unspecified atom stereocenters. The summed E-state index contributed by atoms with van der Waals surface area (Å²) in [6.45, 7) is 4.27. The van der Waals surface area contributed by atoms with Crippen molar-refractivity contribution in [2.45, 2.75) is 12.3 Å². The Morgan fingerprint density at radius 3 is 1.98 bits per heavy atom. The fraction of sp³-hybridized carbons (Fsp3) is 0.184. The van der Waals surface area contributed by atoms with Crippen molar-refractivity contribution in [3.63, 3.8) is 0 Å². The highest BCUT2D eigenvalue weighted by atomic mass is 16.5. The lowest BCUT2D eigenvalue weighted by atomic mass is 9.64. The Morgan fingerprint density at radius 2 is 1.30 bits per heavy atom. The molecule has 1 aliphatic heterocycles. The molecule has 5 aromatic rings. The van der Waals surface area contributed by atoms with Crippen LogP contribution in [0, 0.1) is 18.3 Å². The van der Waals surface area contributed by atoms with Crippen LogP contribution in [0.25, 0.3) is 11.1 Å². The fourth-order valence-corrected chi connectivity index (χ4v) is 6.77. The van der Waals surface area contributed by atoms with Gasteiger partial charge in [-0.3, -0.25) is 0 Å². The number of anilines is 3. The maximum Gasteiger partial charge on any atom is 0.119 e. The summed E-state index contributed by atoms with van der Waals surface area (Å²) in [6, 6.07) is 40.9. The molecule has 0 fully saturated rings. The van der Waals surface area contributed by atoms with Gasteiger partial charge >= 0.3 is 0 Å². The molecular formula is C38H32N2O3. The smallest absolute Gasteiger partial charge is 0.119 e. The number of hydrogen-bond donors (Lipinski definition) is 0. The highest BCUT2D eigenvalue weighted by Crippen LogP contribution is 2.63. The van der Waals surface area contributed by atoms with E-state index in [4.69, 9.17) is 14.2 Å². The third kappa shape index (κ3) is 4.30. The molecule has 0 bridgehead atoms. The van der Waals surface area contributed by atoms with E-state index in [0.29, 0.717) is 32.0 Å². The molecule has 5 aromatic carbocycles. The number of hydrogen-bond acceptors (Lipinski definition) is 5. The minimum Gasteiger partial charge on any atom is -0.491 e. The van der Waals surface area contributed by atoms with Crippen LogP contribution in [-0.2, 0) is 14.9 Å². The van der Waals surface area contributed by atoms with E-state index in [9.17, 15) is 5.26 Å². The van der Waals surface area contributed by atoms with Gasteiger partial charge in [-0.25, -0.2) is 0 Å². The Hall–Kier alpha value is -4.89. The molecule has 1 heterocycles. The van der Waals surface area contributed by atoms with Gasteiger partial charge in [-0.2, -0.15) is 5.26 Å². The van der Waals surface area contributed by atoms with Gasteiger partial charge in [-0.1, -0.05) is 66.2 Å². The predicted molar refractivity (Wildman–Crippen MR) is 170 cm³/mol. The molecular weight excluding hydrogens is 532 g/mol. The molecule has 43 heavy (non-hydrogen) atoms. The number of benzene rings is 5. The lowest BCUT2D eigenvalue weighted by Gasteiger charge is -2.45. The van der Waals surface area contributed by atoms with Gasteiger partial charge < -0.3 is 19.1 Å². The predicted octanol–water partition coefficient (Wildman–Crippen LogP) is 8.05. The van der Waals surface area contributed by atoms with Gasteiger partial charge in [0.05, 0.1) is 48.2 Å². The lowest BCUT2D eigenvalue weighted by molar-refractivity contribution is 0.0544. The van der Waals surface area contributed by atoms with Crippen LogP contribution >= 0.6 is 0 Å². The van der Waals surface area contributed by atoms with Crippen LogP contribution in [0.5, 0.6) is 5.75 Å². The molecule has 7 rings (SSSR count). The normalized spacial score (nSPS) is 13.6. The van der Waals surface area contributed by atoms with Crippen molar-refractivity contribution >= 4 is 17.1 Å². The van der Waals surface area contributed by atoms with Gasteiger partial charge in [0.15, 0.2) is 0 Å². The third-order valence-corrected chi connectivity index (χ3v) is 8.54. The molecule has 2 aliphatic rings. The van der Waals surface area contributed by atoms with E-state index < -0.39 is 5.41 Å². The van der Waals surface area contributed by atoms with E-state index in [1.54, 1.807) is 7.11 Å². The number of nitriles is 1. The quantitative estimate of drug-likeness (QED) is 0.175. The van der Waals surface area contributed by atoms with Crippen LogP contribution < -0.4 is 9.64 Å². The van der Waals surface area contributed by atoms with Crippen LogP contribution in [0.4, 0.5) is 17.1 Å². The van der Waals surface area contributed by atoms with Crippen molar-refractivity contribution in [1.82, 2.24) is 0 Å². The summed E-state index contributed by atoms with van der Waals surface area (Å²) in [4.78, 5) is 2.34. The summed E-state index contributed by atoms with van der Waals surface area (Å²) in [5.41, 5.74) is 11.8. The van der Waals surface area contributed by atoms with Crippen molar-refractivity contribution in [1.29, 1.82) is 5.26 Å². The van der Waals surface area contributed by atoms with Gasteiger partial charge in [-0.15, -0.1) is 0 Å². The summed E-state index contributed by atoms with van der Waals surface area (Å²) in [7, 11) is 1.66. The second kappa shape index (κ2) is 11.1.